The smallest absolute Gasteiger partial charge is 0.193 e. The summed E-state index contributed by atoms with van der Waals surface area (Å²) in [6, 6.07) is 9.36. The molecule has 2 heterocycles. The number of guanidine groups is 1. The van der Waals surface area contributed by atoms with Gasteiger partial charge < -0.3 is 10.2 Å². The van der Waals surface area contributed by atoms with Gasteiger partial charge in [-0.15, -0.1) is 0 Å². The second-order valence-electron chi connectivity index (χ2n) is 8.10. The minimum Gasteiger partial charge on any atom is -0.355 e. The second kappa shape index (κ2) is 7.14. The Morgan fingerprint density at radius 2 is 2.00 bits per heavy atom. The van der Waals surface area contributed by atoms with E-state index in [2.05, 4.69) is 65.1 Å². The molecule has 0 radical (unpaired) electrons. The maximum atomic E-state index is 4.50. The van der Waals surface area contributed by atoms with E-state index in [4.69, 9.17) is 0 Å². The topological polar surface area (TPSA) is 30.9 Å². The third-order valence-corrected chi connectivity index (χ3v) is 5.53. The third-order valence-electron chi connectivity index (χ3n) is 5.53. The fourth-order valence-electron chi connectivity index (χ4n) is 3.89. The summed E-state index contributed by atoms with van der Waals surface area (Å²) in [6.07, 6.45) is 2.40. The molecule has 132 valence electrons. The van der Waals surface area contributed by atoms with Crippen LogP contribution in [0.5, 0.6) is 0 Å². The number of nitrogens with zero attached hydrogens (tertiary/aromatic N) is 3. The SMILES string of the molecule is CN=C(NCC(C)N1CCc2ccccc2C1)N1CCC(C)(C)C1. The first kappa shape index (κ1) is 17.3. The molecule has 1 atom stereocenters. The molecule has 1 N–H and O–H groups in total. The van der Waals surface area contributed by atoms with Crippen molar-refractivity contribution in [1.29, 1.82) is 0 Å². The first-order valence-corrected chi connectivity index (χ1v) is 9.25. The fraction of sp³-hybridized carbons (Fsp3) is 0.650. The van der Waals surface area contributed by atoms with Crippen molar-refractivity contribution in [2.45, 2.75) is 46.2 Å². The average Bonchev–Trinajstić information content (AvgIpc) is 2.94. The number of aliphatic imine (C=N–C) groups is 1. The molecule has 0 saturated carbocycles. The van der Waals surface area contributed by atoms with Gasteiger partial charge in [-0.2, -0.15) is 0 Å². The van der Waals surface area contributed by atoms with Gasteiger partial charge in [0.25, 0.3) is 0 Å². The summed E-state index contributed by atoms with van der Waals surface area (Å²) in [7, 11) is 1.90. The maximum absolute atomic E-state index is 4.50. The largest absolute Gasteiger partial charge is 0.355 e. The van der Waals surface area contributed by atoms with Crippen molar-refractivity contribution in [1.82, 2.24) is 15.1 Å². The van der Waals surface area contributed by atoms with Crippen LogP contribution in [0.4, 0.5) is 0 Å². The highest BCUT2D eigenvalue weighted by atomic mass is 15.3. The molecule has 1 unspecified atom stereocenters. The Balaban J connectivity index is 1.53. The molecule has 3 rings (SSSR count). The molecule has 1 saturated heterocycles. The number of hydrogen-bond donors (Lipinski definition) is 1. The molecule has 2 aliphatic rings. The van der Waals surface area contributed by atoms with Crippen LogP contribution in [0.25, 0.3) is 0 Å². The Morgan fingerprint density at radius 1 is 1.25 bits per heavy atom. The Hall–Kier alpha value is -1.55. The van der Waals surface area contributed by atoms with Crippen LogP contribution in [0.15, 0.2) is 29.3 Å². The number of fused-ring (bicyclic) bond motifs is 1. The molecule has 24 heavy (non-hydrogen) atoms. The molecule has 1 aromatic carbocycles. The molecule has 4 heteroatoms. The molecule has 0 amide bonds. The first-order chi connectivity index (χ1) is 11.5. The van der Waals surface area contributed by atoms with Crippen LogP contribution in [0.2, 0.25) is 0 Å². The van der Waals surface area contributed by atoms with Gasteiger partial charge >= 0.3 is 0 Å². The Morgan fingerprint density at radius 3 is 2.67 bits per heavy atom. The molecule has 0 aliphatic carbocycles. The first-order valence-electron chi connectivity index (χ1n) is 9.25. The summed E-state index contributed by atoms with van der Waals surface area (Å²) in [5, 5.41) is 3.60. The minimum atomic E-state index is 0.403. The minimum absolute atomic E-state index is 0.403. The molecule has 0 bridgehead atoms. The Labute approximate surface area is 146 Å². The van der Waals surface area contributed by atoms with Gasteiger partial charge in [-0.05, 0) is 36.3 Å². The summed E-state index contributed by atoms with van der Waals surface area (Å²) in [5.74, 6) is 1.06. The average molecular weight is 329 g/mol. The van der Waals surface area contributed by atoms with E-state index in [9.17, 15) is 0 Å². The van der Waals surface area contributed by atoms with Gasteiger partial charge in [0.15, 0.2) is 5.96 Å². The molecular weight excluding hydrogens is 296 g/mol. The van der Waals surface area contributed by atoms with E-state index in [1.165, 1.54) is 17.5 Å². The number of nitrogens with one attached hydrogen (secondary N) is 1. The third kappa shape index (κ3) is 3.92. The van der Waals surface area contributed by atoms with E-state index in [-0.39, 0.29) is 0 Å². The Bertz CT molecular complexity index is 593. The monoisotopic (exact) mass is 328 g/mol. The van der Waals surface area contributed by atoms with Crippen LogP contribution < -0.4 is 5.32 Å². The maximum Gasteiger partial charge on any atom is 0.193 e. The van der Waals surface area contributed by atoms with Crippen LogP contribution in [0.3, 0.4) is 0 Å². The summed E-state index contributed by atoms with van der Waals surface area (Å²) < 4.78 is 0. The van der Waals surface area contributed by atoms with E-state index < -0.39 is 0 Å². The highest BCUT2D eigenvalue weighted by Crippen LogP contribution is 2.28. The molecule has 1 aromatic rings. The number of hydrogen-bond acceptors (Lipinski definition) is 2. The van der Waals surface area contributed by atoms with Crippen LogP contribution >= 0.6 is 0 Å². The van der Waals surface area contributed by atoms with Crippen molar-refractivity contribution >= 4 is 5.96 Å². The van der Waals surface area contributed by atoms with Crippen molar-refractivity contribution in [3.05, 3.63) is 35.4 Å². The number of rotatable bonds is 3. The normalized spacial score (nSPS) is 22.3. The summed E-state index contributed by atoms with van der Waals surface area (Å²) in [6.45, 7) is 12.4. The Kier molecular flexibility index (Phi) is 5.14. The zero-order valence-electron chi connectivity index (χ0n) is 15.7. The fourth-order valence-corrected chi connectivity index (χ4v) is 3.89. The lowest BCUT2D eigenvalue weighted by molar-refractivity contribution is 0.190. The van der Waals surface area contributed by atoms with Crippen LogP contribution in [0, 0.1) is 5.41 Å². The van der Waals surface area contributed by atoms with E-state index >= 15 is 0 Å². The molecule has 0 aromatic heterocycles. The highest BCUT2D eigenvalue weighted by molar-refractivity contribution is 5.80. The number of benzene rings is 1. The van der Waals surface area contributed by atoms with Crippen molar-refractivity contribution < 1.29 is 0 Å². The molecule has 0 spiro atoms. The molecule has 1 fully saturated rings. The zero-order chi connectivity index (χ0) is 17.2. The predicted molar refractivity (Wildman–Crippen MR) is 101 cm³/mol. The summed E-state index contributed by atoms with van der Waals surface area (Å²) in [5.41, 5.74) is 3.41. The van der Waals surface area contributed by atoms with E-state index in [0.29, 0.717) is 11.5 Å². The van der Waals surface area contributed by atoms with Gasteiger partial charge in [0.1, 0.15) is 0 Å². The van der Waals surface area contributed by atoms with E-state index in [1.54, 1.807) is 0 Å². The van der Waals surface area contributed by atoms with Crippen LogP contribution in [-0.2, 0) is 13.0 Å². The van der Waals surface area contributed by atoms with Crippen LogP contribution in [0.1, 0.15) is 38.3 Å². The lowest BCUT2D eigenvalue weighted by atomic mass is 9.93. The zero-order valence-corrected chi connectivity index (χ0v) is 15.7. The van der Waals surface area contributed by atoms with Crippen molar-refractivity contribution in [2.75, 3.05) is 33.2 Å². The molecule has 2 aliphatic heterocycles. The molecular formula is C20H32N4. The van der Waals surface area contributed by atoms with Crippen molar-refractivity contribution in [3.63, 3.8) is 0 Å². The van der Waals surface area contributed by atoms with Gasteiger partial charge in [0.05, 0.1) is 0 Å². The van der Waals surface area contributed by atoms with Gasteiger partial charge in [0, 0.05) is 45.8 Å². The summed E-state index contributed by atoms with van der Waals surface area (Å²) in [4.78, 5) is 9.48. The lowest BCUT2D eigenvalue weighted by Crippen LogP contribution is -2.48. The van der Waals surface area contributed by atoms with Gasteiger partial charge in [-0.1, -0.05) is 38.1 Å². The predicted octanol–water partition coefficient (Wildman–Crippen LogP) is 2.74. The van der Waals surface area contributed by atoms with Gasteiger partial charge in [-0.25, -0.2) is 0 Å². The lowest BCUT2D eigenvalue weighted by Gasteiger charge is -2.34. The molecule has 4 nitrogen and oxygen atoms in total. The summed E-state index contributed by atoms with van der Waals surface area (Å²) >= 11 is 0. The van der Waals surface area contributed by atoms with Gasteiger partial charge in [0.2, 0.25) is 0 Å². The van der Waals surface area contributed by atoms with Gasteiger partial charge in [-0.3, -0.25) is 9.89 Å². The van der Waals surface area contributed by atoms with Crippen LogP contribution in [-0.4, -0.2) is 55.0 Å². The highest BCUT2D eigenvalue weighted by Gasteiger charge is 2.31. The second-order valence-corrected chi connectivity index (χ2v) is 8.10. The van der Waals surface area contributed by atoms with Crippen molar-refractivity contribution in [3.8, 4) is 0 Å². The standard InChI is InChI=1S/C20H32N4/c1-16(23-11-9-17-7-5-6-8-18(17)14-23)13-22-19(21-4)24-12-10-20(2,3)15-24/h5-8,16H,9-15H2,1-4H3,(H,21,22). The number of likely N-dealkylation sites (tertiary alicyclic amines) is 1. The van der Waals surface area contributed by atoms with E-state index in [0.717, 1.165) is 45.1 Å². The van der Waals surface area contributed by atoms with E-state index in [1.807, 2.05) is 7.05 Å². The van der Waals surface area contributed by atoms with Crippen molar-refractivity contribution in [2.24, 2.45) is 10.4 Å². The quantitative estimate of drug-likeness (QED) is 0.684.